The Balaban J connectivity index is 2.74. The molecule has 102 valence electrons. The van der Waals surface area contributed by atoms with Crippen molar-refractivity contribution >= 4 is 29.5 Å². The maximum Gasteiger partial charge on any atom is 0.227 e. The van der Waals surface area contributed by atoms with Crippen molar-refractivity contribution in [2.45, 2.75) is 39.7 Å². The second kappa shape index (κ2) is 5.95. The third-order valence-electron chi connectivity index (χ3n) is 2.55. The number of likely N-dealkylation sites (N-methyl/N-ethyl adjacent to an activating group) is 1. The highest BCUT2D eigenvalue weighted by molar-refractivity contribution is 7.73. The van der Waals surface area contributed by atoms with Gasteiger partial charge in [0.25, 0.3) is 0 Å². The van der Waals surface area contributed by atoms with Gasteiger partial charge in [0.1, 0.15) is 0 Å². The van der Waals surface area contributed by atoms with Crippen LogP contribution in [0.2, 0.25) is 0 Å². The van der Waals surface area contributed by atoms with E-state index < -0.39 is 5.60 Å². The van der Waals surface area contributed by atoms with Gasteiger partial charge in [-0.05, 0) is 39.9 Å². The topological polar surface area (TPSA) is 56.3 Å². The molecule has 1 aromatic rings. The normalized spacial score (nSPS) is 11.6. The average molecular weight is 288 g/mol. The first-order valence-corrected chi connectivity index (χ1v) is 7.14. The molecule has 0 aliphatic carbocycles. The summed E-state index contributed by atoms with van der Waals surface area (Å²) in [4.78, 5) is 17.8. The number of carbonyl (C=O) groups excluding carboxylic acids is 1. The molecule has 1 heterocycles. The monoisotopic (exact) mass is 288 g/mol. The molecule has 1 rings (SSSR count). The van der Waals surface area contributed by atoms with Gasteiger partial charge in [-0.15, -0.1) is 11.3 Å². The van der Waals surface area contributed by atoms with Crippen molar-refractivity contribution in [3.05, 3.63) is 14.5 Å². The summed E-state index contributed by atoms with van der Waals surface area (Å²) >= 11 is 6.49. The molecule has 0 radical (unpaired) electrons. The quantitative estimate of drug-likeness (QED) is 0.817. The van der Waals surface area contributed by atoms with Gasteiger partial charge in [-0.2, -0.15) is 0 Å². The molecule has 0 fully saturated rings. The van der Waals surface area contributed by atoms with Gasteiger partial charge in [0.05, 0.1) is 12.0 Å². The van der Waals surface area contributed by atoms with Gasteiger partial charge in [0, 0.05) is 23.7 Å². The molecule has 18 heavy (non-hydrogen) atoms. The molecule has 0 saturated heterocycles. The summed E-state index contributed by atoms with van der Waals surface area (Å²) in [5.41, 5.74) is 0.0866. The summed E-state index contributed by atoms with van der Waals surface area (Å²) in [5.74, 6) is 0.0213. The number of hydrogen-bond donors (Lipinski definition) is 2. The highest BCUT2D eigenvalue weighted by Gasteiger charge is 2.22. The Bertz CT molecular complexity index is 471. The predicted molar refractivity (Wildman–Crippen MR) is 76.5 cm³/mol. The summed E-state index contributed by atoms with van der Waals surface area (Å²) in [6.45, 7) is 8.18. The lowest BCUT2D eigenvalue weighted by molar-refractivity contribution is -0.133. The Morgan fingerprint density at radius 1 is 1.56 bits per heavy atom. The Morgan fingerprint density at radius 2 is 2.17 bits per heavy atom. The first kappa shape index (κ1) is 15.3. The number of thiazole rings is 1. The van der Waals surface area contributed by atoms with Crippen LogP contribution in [0.1, 0.15) is 31.3 Å². The molecule has 6 heteroatoms. The van der Waals surface area contributed by atoms with Crippen LogP contribution in [0, 0.1) is 10.9 Å². The molecule has 2 N–H and O–H groups in total. The smallest absolute Gasteiger partial charge is 0.227 e. The van der Waals surface area contributed by atoms with E-state index in [1.165, 1.54) is 11.3 Å². The molecular weight excluding hydrogens is 268 g/mol. The zero-order chi connectivity index (χ0) is 13.9. The Kier molecular flexibility index (Phi) is 5.07. The second-order valence-corrected chi connectivity index (χ2v) is 6.73. The van der Waals surface area contributed by atoms with E-state index in [1.54, 1.807) is 18.7 Å². The van der Waals surface area contributed by atoms with Crippen LogP contribution in [0.4, 0.5) is 0 Å². The van der Waals surface area contributed by atoms with Crippen LogP contribution in [0.15, 0.2) is 0 Å². The summed E-state index contributed by atoms with van der Waals surface area (Å²) < 4.78 is 0.695. The van der Waals surface area contributed by atoms with Crippen LogP contribution in [-0.2, 0) is 11.2 Å². The summed E-state index contributed by atoms with van der Waals surface area (Å²) in [6, 6.07) is 0. The number of hydrogen-bond acceptors (Lipinski definition) is 4. The number of aromatic amines is 1. The summed E-state index contributed by atoms with van der Waals surface area (Å²) in [5, 5.41) is 9.78. The highest BCUT2D eigenvalue weighted by atomic mass is 32.1. The average Bonchev–Trinajstić information content (AvgIpc) is 2.52. The number of nitrogens with zero attached hydrogens (tertiary/aromatic N) is 1. The van der Waals surface area contributed by atoms with Crippen molar-refractivity contribution in [3.8, 4) is 0 Å². The summed E-state index contributed by atoms with van der Waals surface area (Å²) in [7, 11) is 0. The second-order valence-electron chi connectivity index (χ2n) is 4.96. The van der Waals surface area contributed by atoms with Gasteiger partial charge in [-0.3, -0.25) is 4.79 Å². The number of nitrogens with one attached hydrogen (secondary N) is 1. The van der Waals surface area contributed by atoms with E-state index in [4.69, 9.17) is 12.2 Å². The van der Waals surface area contributed by atoms with E-state index in [-0.39, 0.29) is 5.91 Å². The Morgan fingerprint density at radius 3 is 2.56 bits per heavy atom. The van der Waals surface area contributed by atoms with E-state index in [2.05, 4.69) is 4.98 Å². The maximum absolute atomic E-state index is 12.2. The number of amides is 1. The van der Waals surface area contributed by atoms with Crippen LogP contribution < -0.4 is 0 Å². The van der Waals surface area contributed by atoms with Crippen LogP contribution in [-0.4, -0.2) is 39.6 Å². The third kappa shape index (κ3) is 4.51. The van der Waals surface area contributed by atoms with Gasteiger partial charge in [0.15, 0.2) is 3.95 Å². The standard InChI is InChI=1S/C12H20N2O2S2/c1-5-14(7-12(3,4)16)10(15)6-9-8(2)13-11(17)18-9/h16H,5-7H2,1-4H3,(H,13,17). The van der Waals surface area contributed by atoms with Crippen LogP contribution in [0.3, 0.4) is 0 Å². The molecule has 1 aromatic heterocycles. The fourth-order valence-corrected chi connectivity index (χ4v) is 2.98. The van der Waals surface area contributed by atoms with Gasteiger partial charge in [0.2, 0.25) is 5.91 Å². The zero-order valence-corrected chi connectivity index (χ0v) is 12.9. The maximum atomic E-state index is 12.2. The highest BCUT2D eigenvalue weighted by Crippen LogP contribution is 2.16. The molecule has 0 aliphatic heterocycles. The minimum atomic E-state index is -0.870. The van der Waals surface area contributed by atoms with Crippen molar-refractivity contribution in [1.29, 1.82) is 0 Å². The van der Waals surface area contributed by atoms with Gasteiger partial charge in [-0.1, -0.05) is 0 Å². The SMILES string of the molecule is CCN(CC(C)(C)O)C(=O)Cc1sc(=S)[nH]c1C. The van der Waals surface area contributed by atoms with E-state index in [0.717, 1.165) is 10.6 Å². The van der Waals surface area contributed by atoms with Crippen molar-refractivity contribution in [3.63, 3.8) is 0 Å². The Labute approximate surface area is 117 Å². The predicted octanol–water partition coefficient (Wildman–Crippen LogP) is 2.28. The van der Waals surface area contributed by atoms with Crippen LogP contribution >= 0.6 is 23.6 Å². The van der Waals surface area contributed by atoms with Crippen LogP contribution in [0.25, 0.3) is 0 Å². The Hall–Kier alpha value is -0.720. The van der Waals surface area contributed by atoms with Crippen LogP contribution in [0.5, 0.6) is 0 Å². The van der Waals surface area contributed by atoms with Crippen molar-refractivity contribution in [2.24, 2.45) is 0 Å². The molecular formula is C12H20N2O2S2. The van der Waals surface area contributed by atoms with Crippen molar-refractivity contribution < 1.29 is 9.90 Å². The lowest BCUT2D eigenvalue weighted by atomic mass is 10.1. The number of H-pyrrole nitrogens is 1. The van der Waals surface area contributed by atoms with E-state index in [1.807, 2.05) is 13.8 Å². The molecule has 0 aromatic carbocycles. The van der Waals surface area contributed by atoms with Crippen molar-refractivity contribution in [2.75, 3.05) is 13.1 Å². The minimum Gasteiger partial charge on any atom is -0.389 e. The first-order chi connectivity index (χ1) is 8.23. The number of aromatic nitrogens is 1. The van der Waals surface area contributed by atoms with Crippen molar-refractivity contribution in [1.82, 2.24) is 9.88 Å². The third-order valence-corrected chi connectivity index (χ3v) is 3.88. The summed E-state index contributed by atoms with van der Waals surface area (Å²) in [6.07, 6.45) is 0.341. The molecule has 0 atom stereocenters. The lowest BCUT2D eigenvalue weighted by Gasteiger charge is -2.28. The molecule has 0 saturated carbocycles. The van der Waals surface area contributed by atoms with Gasteiger partial charge in [-0.25, -0.2) is 0 Å². The molecule has 4 nitrogen and oxygen atoms in total. The molecule has 0 aliphatic rings. The number of aryl methyl sites for hydroxylation is 1. The number of aliphatic hydroxyl groups is 1. The molecule has 0 unspecified atom stereocenters. The molecule has 0 bridgehead atoms. The van der Waals surface area contributed by atoms with E-state index >= 15 is 0 Å². The van der Waals surface area contributed by atoms with E-state index in [9.17, 15) is 9.90 Å². The zero-order valence-electron chi connectivity index (χ0n) is 11.2. The fraction of sp³-hybridized carbons (Fsp3) is 0.667. The number of rotatable bonds is 5. The first-order valence-electron chi connectivity index (χ1n) is 5.91. The van der Waals surface area contributed by atoms with Gasteiger partial charge >= 0.3 is 0 Å². The van der Waals surface area contributed by atoms with E-state index in [0.29, 0.717) is 23.5 Å². The minimum absolute atomic E-state index is 0.0213. The molecule has 1 amide bonds. The largest absolute Gasteiger partial charge is 0.389 e. The number of carbonyl (C=O) groups is 1. The fourth-order valence-electron chi connectivity index (χ4n) is 1.70. The molecule has 0 spiro atoms. The lowest BCUT2D eigenvalue weighted by Crippen LogP contribution is -2.42. The van der Waals surface area contributed by atoms with Gasteiger partial charge < -0.3 is 15.0 Å².